The van der Waals surface area contributed by atoms with E-state index in [4.69, 9.17) is 14.2 Å². The van der Waals surface area contributed by atoms with Crippen LogP contribution in [0, 0.1) is 0 Å². The first kappa shape index (κ1) is 18.1. The summed E-state index contributed by atoms with van der Waals surface area (Å²) in [5.74, 6) is 0.555. The number of benzene rings is 2. The van der Waals surface area contributed by atoms with Crippen LogP contribution in [0.1, 0.15) is 22.8 Å². The van der Waals surface area contributed by atoms with Crippen LogP contribution in [0.15, 0.2) is 41.3 Å². The van der Waals surface area contributed by atoms with E-state index in [0.29, 0.717) is 28.3 Å². The van der Waals surface area contributed by atoms with E-state index in [9.17, 15) is 9.59 Å². The van der Waals surface area contributed by atoms with E-state index >= 15 is 0 Å². The zero-order valence-electron chi connectivity index (χ0n) is 14.7. The molecule has 1 atom stereocenters. The Morgan fingerprint density at radius 1 is 1.19 bits per heavy atom. The molecule has 7 heteroatoms. The average molecular weight is 373 g/mol. The van der Waals surface area contributed by atoms with Gasteiger partial charge in [-0.25, -0.2) is 4.79 Å². The third-order valence-corrected chi connectivity index (χ3v) is 5.17. The Bertz CT molecular complexity index is 852. The van der Waals surface area contributed by atoms with Crippen LogP contribution >= 0.6 is 11.8 Å². The minimum absolute atomic E-state index is 0.0500. The van der Waals surface area contributed by atoms with Crippen molar-refractivity contribution in [1.82, 2.24) is 0 Å². The summed E-state index contributed by atoms with van der Waals surface area (Å²) in [6.07, 6.45) is 0. The third kappa shape index (κ3) is 3.62. The Kier molecular flexibility index (Phi) is 5.37. The van der Waals surface area contributed by atoms with Gasteiger partial charge in [0.1, 0.15) is 6.61 Å². The molecule has 0 saturated heterocycles. The van der Waals surface area contributed by atoms with Gasteiger partial charge in [0.05, 0.1) is 30.7 Å². The number of carbonyl (C=O) groups excluding carboxylic acids is 2. The van der Waals surface area contributed by atoms with E-state index in [-0.39, 0.29) is 17.8 Å². The summed E-state index contributed by atoms with van der Waals surface area (Å²) in [7, 11) is 3.09. The summed E-state index contributed by atoms with van der Waals surface area (Å²) < 4.78 is 16.0. The maximum Gasteiger partial charge on any atom is 0.338 e. The minimum atomic E-state index is -0.476. The fourth-order valence-corrected chi connectivity index (χ4v) is 3.56. The Hall–Kier alpha value is -2.67. The largest absolute Gasteiger partial charge is 0.493 e. The Balaban J connectivity index is 1.74. The topological polar surface area (TPSA) is 73.9 Å². The Morgan fingerprint density at radius 3 is 2.73 bits per heavy atom. The smallest absolute Gasteiger partial charge is 0.338 e. The van der Waals surface area contributed by atoms with Crippen LogP contribution in [0.25, 0.3) is 0 Å². The molecule has 1 aliphatic rings. The van der Waals surface area contributed by atoms with Crippen molar-refractivity contribution in [2.45, 2.75) is 23.7 Å². The molecule has 2 aromatic rings. The minimum Gasteiger partial charge on any atom is -0.493 e. The zero-order valence-corrected chi connectivity index (χ0v) is 15.5. The maximum atomic E-state index is 12.4. The van der Waals surface area contributed by atoms with Crippen molar-refractivity contribution < 1.29 is 23.8 Å². The van der Waals surface area contributed by atoms with Gasteiger partial charge in [-0.1, -0.05) is 12.1 Å². The lowest BCUT2D eigenvalue weighted by Crippen LogP contribution is -2.26. The molecule has 1 N–H and O–H groups in total. The second-order valence-corrected chi connectivity index (χ2v) is 7.07. The normalized spacial score (nSPS) is 15.7. The quantitative estimate of drug-likeness (QED) is 0.809. The fraction of sp³-hybridized carbons (Fsp3) is 0.263. The first-order valence-corrected chi connectivity index (χ1v) is 8.90. The standard InChI is InChI=1S/C19H19NO5S/c1-11-18(21)20-14-9-12(7-8-16(14)26-11)19(22)25-10-13-5-4-6-15(23-2)17(13)24-3/h4-9,11H,10H2,1-3H3,(H,20,21)/t11-/m0/s1. The lowest BCUT2D eigenvalue weighted by Gasteiger charge is -2.21. The van der Waals surface area contributed by atoms with E-state index in [1.165, 1.54) is 18.9 Å². The van der Waals surface area contributed by atoms with Crippen molar-refractivity contribution in [3.05, 3.63) is 47.5 Å². The maximum absolute atomic E-state index is 12.4. The van der Waals surface area contributed by atoms with E-state index in [2.05, 4.69) is 5.32 Å². The van der Waals surface area contributed by atoms with E-state index in [1.807, 2.05) is 13.0 Å². The second kappa shape index (κ2) is 7.70. The Morgan fingerprint density at radius 2 is 2.00 bits per heavy atom. The first-order chi connectivity index (χ1) is 12.5. The van der Waals surface area contributed by atoms with Crippen molar-refractivity contribution in [1.29, 1.82) is 0 Å². The number of ether oxygens (including phenoxy) is 3. The summed E-state index contributed by atoms with van der Waals surface area (Å²) in [4.78, 5) is 25.1. The zero-order chi connectivity index (χ0) is 18.7. The number of carbonyl (C=O) groups is 2. The third-order valence-electron chi connectivity index (χ3n) is 3.99. The van der Waals surface area contributed by atoms with Gasteiger partial charge in [-0.15, -0.1) is 11.8 Å². The molecule has 0 radical (unpaired) electrons. The monoisotopic (exact) mass is 373 g/mol. The predicted molar refractivity (Wildman–Crippen MR) is 99.1 cm³/mol. The van der Waals surface area contributed by atoms with Gasteiger partial charge in [0, 0.05) is 10.5 Å². The number of hydrogen-bond donors (Lipinski definition) is 1. The fourth-order valence-electron chi connectivity index (χ4n) is 2.63. The van der Waals surface area contributed by atoms with Crippen molar-refractivity contribution in [3.8, 4) is 11.5 Å². The number of hydrogen-bond acceptors (Lipinski definition) is 6. The molecule has 3 rings (SSSR count). The van der Waals surface area contributed by atoms with Gasteiger partial charge in [0.2, 0.25) is 5.91 Å². The highest BCUT2D eigenvalue weighted by Crippen LogP contribution is 2.36. The lowest BCUT2D eigenvalue weighted by molar-refractivity contribution is -0.115. The molecule has 0 aromatic heterocycles. The van der Waals surface area contributed by atoms with Crippen LogP contribution in [-0.4, -0.2) is 31.3 Å². The van der Waals surface area contributed by atoms with Gasteiger partial charge in [-0.05, 0) is 31.2 Å². The van der Waals surface area contributed by atoms with Gasteiger partial charge in [0.15, 0.2) is 11.5 Å². The first-order valence-electron chi connectivity index (χ1n) is 8.02. The number of para-hydroxylation sites is 1. The number of anilines is 1. The highest BCUT2D eigenvalue weighted by atomic mass is 32.2. The molecule has 0 aliphatic carbocycles. The van der Waals surface area contributed by atoms with Gasteiger partial charge in [0.25, 0.3) is 0 Å². The van der Waals surface area contributed by atoms with Crippen LogP contribution in [0.3, 0.4) is 0 Å². The van der Waals surface area contributed by atoms with Gasteiger partial charge in [-0.2, -0.15) is 0 Å². The molecule has 2 aromatic carbocycles. The highest BCUT2D eigenvalue weighted by Gasteiger charge is 2.24. The molecule has 0 unspecified atom stereocenters. The molecule has 1 amide bonds. The summed E-state index contributed by atoms with van der Waals surface area (Å²) in [5, 5.41) is 2.66. The number of nitrogens with one attached hydrogen (secondary N) is 1. The molecular weight excluding hydrogens is 354 g/mol. The average Bonchev–Trinajstić information content (AvgIpc) is 2.66. The lowest BCUT2D eigenvalue weighted by atomic mass is 10.2. The van der Waals surface area contributed by atoms with E-state index in [1.54, 1.807) is 37.4 Å². The summed E-state index contributed by atoms with van der Waals surface area (Å²) in [6, 6.07) is 10.5. The molecule has 0 fully saturated rings. The summed E-state index contributed by atoms with van der Waals surface area (Å²) >= 11 is 1.47. The Labute approximate surface area is 155 Å². The van der Waals surface area contributed by atoms with Crippen LogP contribution in [0.5, 0.6) is 11.5 Å². The SMILES string of the molecule is COc1cccc(COC(=O)c2ccc3c(c2)NC(=O)[C@H](C)S3)c1OC. The summed E-state index contributed by atoms with van der Waals surface area (Å²) in [6.45, 7) is 1.89. The molecule has 6 nitrogen and oxygen atoms in total. The molecule has 136 valence electrons. The van der Waals surface area contributed by atoms with Gasteiger partial charge < -0.3 is 19.5 Å². The molecule has 1 aliphatic heterocycles. The van der Waals surface area contributed by atoms with Gasteiger partial charge >= 0.3 is 5.97 Å². The second-order valence-electron chi connectivity index (χ2n) is 5.69. The van der Waals surface area contributed by atoms with Crippen LogP contribution in [-0.2, 0) is 16.1 Å². The van der Waals surface area contributed by atoms with Crippen molar-refractivity contribution in [2.24, 2.45) is 0 Å². The number of amides is 1. The number of thioether (sulfide) groups is 1. The van der Waals surface area contributed by atoms with Crippen LogP contribution in [0.4, 0.5) is 5.69 Å². The summed E-state index contributed by atoms with van der Waals surface area (Å²) in [5.41, 5.74) is 1.71. The van der Waals surface area contributed by atoms with Crippen molar-refractivity contribution in [3.63, 3.8) is 0 Å². The molecular formula is C19H19NO5S. The van der Waals surface area contributed by atoms with Crippen LogP contribution in [0.2, 0.25) is 0 Å². The molecule has 0 saturated carbocycles. The molecule has 0 spiro atoms. The van der Waals surface area contributed by atoms with Crippen LogP contribution < -0.4 is 14.8 Å². The van der Waals surface area contributed by atoms with Crippen molar-refractivity contribution >= 4 is 29.3 Å². The number of rotatable bonds is 5. The molecule has 0 bridgehead atoms. The van der Waals surface area contributed by atoms with Gasteiger partial charge in [-0.3, -0.25) is 4.79 Å². The van der Waals surface area contributed by atoms with Crippen molar-refractivity contribution in [2.75, 3.05) is 19.5 Å². The number of esters is 1. The molecule has 1 heterocycles. The number of methoxy groups -OCH3 is 2. The highest BCUT2D eigenvalue weighted by molar-refractivity contribution is 8.00. The molecule has 26 heavy (non-hydrogen) atoms. The number of fused-ring (bicyclic) bond motifs is 1. The van der Waals surface area contributed by atoms with E-state index < -0.39 is 5.97 Å². The predicted octanol–water partition coefficient (Wildman–Crippen LogP) is 3.49. The van der Waals surface area contributed by atoms with E-state index in [0.717, 1.165) is 4.90 Å².